The van der Waals surface area contributed by atoms with Gasteiger partial charge in [-0.1, -0.05) is 48.9 Å². The molecule has 0 radical (unpaired) electrons. The number of amides is 1. The van der Waals surface area contributed by atoms with Crippen molar-refractivity contribution in [2.45, 2.75) is 13.3 Å². The number of halogens is 1. The molecule has 0 atom stereocenters. The number of aromatic nitrogens is 1. The molecule has 1 N–H and O–H groups in total. The highest BCUT2D eigenvalue weighted by atomic mass is 35.5. The van der Waals surface area contributed by atoms with Crippen LogP contribution in [0.5, 0.6) is 5.75 Å². The van der Waals surface area contributed by atoms with E-state index in [4.69, 9.17) is 16.3 Å². The summed E-state index contributed by atoms with van der Waals surface area (Å²) in [6, 6.07) is 15.1. The second-order valence-electron chi connectivity index (χ2n) is 5.75. The van der Waals surface area contributed by atoms with Gasteiger partial charge in [0.1, 0.15) is 5.75 Å². The summed E-state index contributed by atoms with van der Waals surface area (Å²) < 4.78 is 5.69. The summed E-state index contributed by atoms with van der Waals surface area (Å²) in [5.41, 5.74) is 2.62. The summed E-state index contributed by atoms with van der Waals surface area (Å²) in [6.07, 6.45) is 4.16. The second-order valence-corrected chi connectivity index (χ2v) is 7.05. The van der Waals surface area contributed by atoms with E-state index in [0.29, 0.717) is 16.8 Å². The Hall–Kier alpha value is -2.63. The molecule has 6 heteroatoms. The molecule has 27 heavy (non-hydrogen) atoms. The first-order valence-corrected chi connectivity index (χ1v) is 9.84. The maximum absolute atomic E-state index is 12.2. The highest BCUT2D eigenvalue weighted by Crippen LogP contribution is 2.26. The first kappa shape index (κ1) is 19.1. The highest BCUT2D eigenvalue weighted by Gasteiger charge is 2.07. The molecule has 0 aliphatic carbocycles. The Labute approximate surface area is 167 Å². The average molecular weight is 399 g/mol. The topological polar surface area (TPSA) is 51.2 Å². The van der Waals surface area contributed by atoms with E-state index in [1.54, 1.807) is 6.08 Å². The fraction of sp³-hybridized carbons (Fsp3) is 0.143. The van der Waals surface area contributed by atoms with Gasteiger partial charge in [0.05, 0.1) is 12.3 Å². The van der Waals surface area contributed by atoms with Crippen LogP contribution >= 0.6 is 22.9 Å². The van der Waals surface area contributed by atoms with E-state index in [0.717, 1.165) is 29.0 Å². The number of hydrogen-bond acceptors (Lipinski definition) is 4. The zero-order chi connectivity index (χ0) is 19.1. The van der Waals surface area contributed by atoms with Crippen molar-refractivity contribution in [1.82, 2.24) is 4.98 Å². The largest absolute Gasteiger partial charge is 0.493 e. The van der Waals surface area contributed by atoms with Crippen molar-refractivity contribution in [1.29, 1.82) is 0 Å². The first-order valence-electron chi connectivity index (χ1n) is 8.58. The molecule has 0 saturated carbocycles. The van der Waals surface area contributed by atoms with Crippen LogP contribution in [0.15, 0.2) is 60.0 Å². The van der Waals surface area contributed by atoms with Gasteiger partial charge < -0.3 is 4.74 Å². The molecule has 0 aliphatic heterocycles. The summed E-state index contributed by atoms with van der Waals surface area (Å²) in [5, 5.41) is 5.91. The number of ether oxygens (including phenoxy) is 1. The molecule has 0 fully saturated rings. The third-order valence-corrected chi connectivity index (χ3v) is 4.68. The SMILES string of the molecule is CCCOc1ccccc1C=CC(=O)Nc1nc(-c2ccc(Cl)cc2)cs1. The molecule has 0 saturated heterocycles. The number of anilines is 1. The molecule has 1 aromatic heterocycles. The lowest BCUT2D eigenvalue weighted by atomic mass is 10.2. The molecule has 138 valence electrons. The Balaban J connectivity index is 1.65. The summed E-state index contributed by atoms with van der Waals surface area (Å²) in [4.78, 5) is 16.7. The third kappa shape index (κ3) is 5.42. The zero-order valence-electron chi connectivity index (χ0n) is 14.8. The highest BCUT2D eigenvalue weighted by molar-refractivity contribution is 7.14. The third-order valence-electron chi connectivity index (χ3n) is 3.67. The van der Waals surface area contributed by atoms with Gasteiger partial charge in [0.2, 0.25) is 5.91 Å². The van der Waals surface area contributed by atoms with E-state index in [9.17, 15) is 4.79 Å². The lowest BCUT2D eigenvalue weighted by molar-refractivity contribution is -0.111. The summed E-state index contributed by atoms with van der Waals surface area (Å²) in [6.45, 7) is 2.70. The van der Waals surface area contributed by atoms with Crippen LogP contribution in [-0.2, 0) is 4.79 Å². The normalized spacial score (nSPS) is 10.9. The van der Waals surface area contributed by atoms with Crippen molar-refractivity contribution in [2.24, 2.45) is 0 Å². The number of rotatable bonds is 7. The smallest absolute Gasteiger partial charge is 0.250 e. The second kappa shape index (κ2) is 9.35. The van der Waals surface area contributed by atoms with E-state index in [1.165, 1.54) is 17.4 Å². The summed E-state index contributed by atoms with van der Waals surface area (Å²) in [7, 11) is 0. The molecule has 1 amide bonds. The average Bonchev–Trinajstić information content (AvgIpc) is 3.14. The first-order chi connectivity index (χ1) is 13.2. The fourth-order valence-corrected chi connectivity index (χ4v) is 3.21. The monoisotopic (exact) mass is 398 g/mol. The molecule has 0 aliphatic rings. The maximum Gasteiger partial charge on any atom is 0.250 e. The van der Waals surface area contributed by atoms with E-state index in [1.807, 2.05) is 53.9 Å². The van der Waals surface area contributed by atoms with Gasteiger partial charge >= 0.3 is 0 Å². The standard InChI is InChI=1S/C21H19ClN2O2S/c1-2-13-26-19-6-4-3-5-16(19)9-12-20(25)24-21-23-18(14-27-21)15-7-10-17(22)11-8-15/h3-12,14H,2,13H2,1H3,(H,23,24,25). The Morgan fingerprint density at radius 2 is 2.00 bits per heavy atom. The Bertz CT molecular complexity index is 935. The van der Waals surface area contributed by atoms with Crippen molar-refractivity contribution in [2.75, 3.05) is 11.9 Å². The Kier molecular flexibility index (Phi) is 6.63. The van der Waals surface area contributed by atoms with Gasteiger partial charge in [-0.15, -0.1) is 11.3 Å². The number of nitrogens with one attached hydrogen (secondary N) is 1. The number of carbonyl (C=O) groups is 1. The van der Waals surface area contributed by atoms with Crippen LogP contribution < -0.4 is 10.1 Å². The molecular weight excluding hydrogens is 380 g/mol. The number of hydrogen-bond donors (Lipinski definition) is 1. The lowest BCUT2D eigenvalue weighted by Gasteiger charge is -2.07. The predicted octanol–water partition coefficient (Wildman–Crippen LogP) is 5.90. The minimum absolute atomic E-state index is 0.239. The van der Waals surface area contributed by atoms with Gasteiger partial charge in [-0.05, 0) is 30.7 Å². The van der Waals surface area contributed by atoms with Crippen molar-refractivity contribution < 1.29 is 9.53 Å². The van der Waals surface area contributed by atoms with E-state index in [2.05, 4.69) is 17.2 Å². The van der Waals surface area contributed by atoms with Gasteiger partial charge in [-0.3, -0.25) is 10.1 Å². The van der Waals surface area contributed by atoms with Crippen LogP contribution in [0.1, 0.15) is 18.9 Å². The van der Waals surface area contributed by atoms with Crippen LogP contribution in [0.3, 0.4) is 0 Å². The lowest BCUT2D eigenvalue weighted by Crippen LogP contribution is -2.07. The Morgan fingerprint density at radius 1 is 1.22 bits per heavy atom. The summed E-state index contributed by atoms with van der Waals surface area (Å²) >= 11 is 7.28. The molecular formula is C21H19ClN2O2S. The van der Waals surface area contributed by atoms with Gasteiger partial charge in [-0.25, -0.2) is 4.98 Å². The minimum Gasteiger partial charge on any atom is -0.493 e. The molecule has 0 spiro atoms. The van der Waals surface area contributed by atoms with E-state index < -0.39 is 0 Å². The van der Waals surface area contributed by atoms with E-state index >= 15 is 0 Å². The van der Waals surface area contributed by atoms with Crippen molar-refractivity contribution in [3.05, 3.63) is 70.6 Å². The quantitative estimate of drug-likeness (QED) is 0.504. The number of nitrogens with zero attached hydrogens (tertiary/aromatic N) is 1. The number of carbonyl (C=O) groups excluding carboxylic acids is 1. The van der Waals surface area contributed by atoms with Crippen molar-refractivity contribution >= 4 is 40.1 Å². The van der Waals surface area contributed by atoms with Crippen LogP contribution in [0, 0.1) is 0 Å². The van der Waals surface area contributed by atoms with Crippen LogP contribution in [-0.4, -0.2) is 17.5 Å². The molecule has 3 aromatic rings. The van der Waals surface area contributed by atoms with Crippen molar-refractivity contribution in [3.8, 4) is 17.0 Å². The van der Waals surface area contributed by atoms with Crippen LogP contribution in [0.25, 0.3) is 17.3 Å². The number of para-hydroxylation sites is 1. The van der Waals surface area contributed by atoms with E-state index in [-0.39, 0.29) is 5.91 Å². The molecule has 0 bridgehead atoms. The molecule has 1 heterocycles. The predicted molar refractivity (Wildman–Crippen MR) is 112 cm³/mol. The number of benzene rings is 2. The van der Waals surface area contributed by atoms with Gasteiger partial charge in [0.15, 0.2) is 5.13 Å². The van der Waals surface area contributed by atoms with Crippen LogP contribution in [0.2, 0.25) is 5.02 Å². The maximum atomic E-state index is 12.2. The minimum atomic E-state index is -0.239. The van der Waals surface area contributed by atoms with Gasteiger partial charge in [0.25, 0.3) is 0 Å². The Morgan fingerprint density at radius 3 is 2.78 bits per heavy atom. The zero-order valence-corrected chi connectivity index (χ0v) is 16.4. The van der Waals surface area contributed by atoms with Gasteiger partial charge in [-0.2, -0.15) is 0 Å². The summed E-state index contributed by atoms with van der Waals surface area (Å²) in [5.74, 6) is 0.528. The fourth-order valence-electron chi connectivity index (χ4n) is 2.36. The van der Waals surface area contributed by atoms with Gasteiger partial charge in [0, 0.05) is 27.6 Å². The molecule has 3 rings (SSSR count). The molecule has 4 nitrogen and oxygen atoms in total. The number of thiazole rings is 1. The van der Waals surface area contributed by atoms with Crippen molar-refractivity contribution in [3.63, 3.8) is 0 Å². The molecule has 2 aromatic carbocycles. The van der Waals surface area contributed by atoms with Crippen LogP contribution in [0.4, 0.5) is 5.13 Å². The molecule has 0 unspecified atom stereocenters.